The van der Waals surface area contributed by atoms with E-state index < -0.39 is 0 Å². The second-order valence-electron chi connectivity index (χ2n) is 4.87. The van der Waals surface area contributed by atoms with Crippen LogP contribution in [0.3, 0.4) is 0 Å². The van der Waals surface area contributed by atoms with Crippen LogP contribution in [-0.4, -0.2) is 18.0 Å². The molecule has 0 bridgehead atoms. The molecule has 0 aromatic heterocycles. The Morgan fingerprint density at radius 1 is 1.33 bits per heavy atom. The molecule has 0 amide bonds. The molecule has 0 aliphatic heterocycles. The Bertz CT molecular complexity index is 448. The minimum Gasteiger partial charge on any atom is -0.382 e. The highest BCUT2D eigenvalue weighted by molar-refractivity contribution is 5.76. The van der Waals surface area contributed by atoms with Gasteiger partial charge < -0.3 is 10.6 Å². The van der Waals surface area contributed by atoms with Crippen molar-refractivity contribution < 1.29 is 4.92 Å². The van der Waals surface area contributed by atoms with Crippen molar-refractivity contribution in [2.75, 3.05) is 17.7 Å². The summed E-state index contributed by atoms with van der Waals surface area (Å²) in [5.74, 6) is 0.572. The van der Waals surface area contributed by atoms with E-state index in [-0.39, 0.29) is 10.6 Å². The third kappa shape index (κ3) is 2.39. The average Bonchev–Trinajstić information content (AvgIpc) is 2.74. The number of hydrogen-bond donors (Lipinski definition) is 2. The van der Waals surface area contributed by atoms with E-state index in [1.54, 1.807) is 19.2 Å². The number of nitrogens with one attached hydrogen (secondary N) is 2. The summed E-state index contributed by atoms with van der Waals surface area (Å²) in [5.41, 5.74) is 1.31. The highest BCUT2D eigenvalue weighted by Crippen LogP contribution is 2.35. The van der Waals surface area contributed by atoms with Gasteiger partial charge in [-0.3, -0.25) is 10.1 Å². The predicted molar refractivity (Wildman–Crippen MR) is 73.1 cm³/mol. The van der Waals surface area contributed by atoms with Crippen LogP contribution in [0, 0.1) is 16.0 Å². The topological polar surface area (TPSA) is 67.2 Å². The van der Waals surface area contributed by atoms with Gasteiger partial charge in [-0.2, -0.15) is 0 Å². The summed E-state index contributed by atoms with van der Waals surface area (Å²) in [4.78, 5) is 10.9. The van der Waals surface area contributed by atoms with Crippen LogP contribution in [0.4, 0.5) is 17.1 Å². The summed E-state index contributed by atoms with van der Waals surface area (Å²) in [6.07, 6.45) is 3.47. The SMILES string of the molecule is CNc1cccc(NC2CCCC2C)c1[N+](=O)[O-]. The lowest BCUT2D eigenvalue weighted by molar-refractivity contribution is -0.383. The van der Waals surface area contributed by atoms with Crippen LogP contribution in [0.1, 0.15) is 26.2 Å². The molecule has 0 spiro atoms. The van der Waals surface area contributed by atoms with Crippen LogP contribution in [0.15, 0.2) is 18.2 Å². The molecule has 5 nitrogen and oxygen atoms in total. The quantitative estimate of drug-likeness (QED) is 0.635. The number of nitro benzene ring substituents is 1. The van der Waals surface area contributed by atoms with Crippen LogP contribution in [0.5, 0.6) is 0 Å². The van der Waals surface area contributed by atoms with Crippen molar-refractivity contribution in [2.24, 2.45) is 5.92 Å². The summed E-state index contributed by atoms with van der Waals surface area (Å²) < 4.78 is 0. The first-order chi connectivity index (χ1) is 8.63. The molecule has 0 heterocycles. The van der Waals surface area contributed by atoms with Gasteiger partial charge in [0, 0.05) is 13.1 Å². The zero-order valence-corrected chi connectivity index (χ0v) is 10.8. The highest BCUT2D eigenvalue weighted by Gasteiger charge is 2.26. The Kier molecular flexibility index (Phi) is 3.69. The summed E-state index contributed by atoms with van der Waals surface area (Å²) in [6, 6.07) is 5.68. The van der Waals surface area contributed by atoms with Crippen LogP contribution in [-0.2, 0) is 0 Å². The van der Waals surface area contributed by atoms with Crippen molar-refractivity contribution in [2.45, 2.75) is 32.2 Å². The van der Waals surface area contributed by atoms with Gasteiger partial charge in [-0.25, -0.2) is 0 Å². The van der Waals surface area contributed by atoms with E-state index in [1.165, 1.54) is 12.8 Å². The minimum absolute atomic E-state index is 0.138. The van der Waals surface area contributed by atoms with E-state index >= 15 is 0 Å². The van der Waals surface area contributed by atoms with Gasteiger partial charge >= 0.3 is 5.69 Å². The Morgan fingerprint density at radius 2 is 2.06 bits per heavy atom. The Balaban J connectivity index is 2.29. The molecule has 1 saturated carbocycles. The second kappa shape index (κ2) is 5.25. The summed E-state index contributed by atoms with van der Waals surface area (Å²) in [5, 5.41) is 17.4. The fourth-order valence-electron chi connectivity index (χ4n) is 2.62. The summed E-state index contributed by atoms with van der Waals surface area (Å²) in [7, 11) is 1.70. The molecule has 1 aromatic rings. The van der Waals surface area contributed by atoms with Crippen molar-refractivity contribution in [3.8, 4) is 0 Å². The molecule has 2 atom stereocenters. The first kappa shape index (κ1) is 12.7. The summed E-state index contributed by atoms with van der Waals surface area (Å²) >= 11 is 0. The van der Waals surface area contributed by atoms with Crippen LogP contribution < -0.4 is 10.6 Å². The maximum atomic E-state index is 11.2. The highest BCUT2D eigenvalue weighted by atomic mass is 16.6. The molecule has 2 unspecified atom stereocenters. The van der Waals surface area contributed by atoms with E-state index in [2.05, 4.69) is 17.6 Å². The average molecular weight is 249 g/mol. The molecule has 2 N–H and O–H groups in total. The van der Waals surface area contributed by atoms with E-state index in [1.807, 2.05) is 6.07 Å². The molecule has 0 radical (unpaired) electrons. The third-order valence-corrected chi connectivity index (χ3v) is 3.69. The molecular weight excluding hydrogens is 230 g/mol. The molecule has 1 aromatic carbocycles. The van der Waals surface area contributed by atoms with Crippen molar-refractivity contribution in [1.29, 1.82) is 0 Å². The normalized spacial score (nSPS) is 22.8. The van der Waals surface area contributed by atoms with Crippen LogP contribution in [0.2, 0.25) is 0 Å². The fraction of sp³-hybridized carbons (Fsp3) is 0.538. The lowest BCUT2D eigenvalue weighted by Crippen LogP contribution is -2.22. The van der Waals surface area contributed by atoms with Crippen molar-refractivity contribution in [1.82, 2.24) is 0 Å². The van der Waals surface area contributed by atoms with Gasteiger partial charge in [-0.15, -0.1) is 0 Å². The number of benzene rings is 1. The van der Waals surface area contributed by atoms with Gasteiger partial charge in [0.15, 0.2) is 0 Å². The molecule has 0 saturated heterocycles. The van der Waals surface area contributed by atoms with Crippen LogP contribution >= 0.6 is 0 Å². The first-order valence-corrected chi connectivity index (χ1v) is 6.35. The molecule has 1 aliphatic carbocycles. The zero-order chi connectivity index (χ0) is 13.1. The number of hydrogen-bond acceptors (Lipinski definition) is 4. The smallest absolute Gasteiger partial charge is 0.315 e. The molecule has 1 fully saturated rings. The second-order valence-corrected chi connectivity index (χ2v) is 4.87. The molecule has 5 heteroatoms. The lowest BCUT2D eigenvalue weighted by Gasteiger charge is -2.19. The number of para-hydroxylation sites is 1. The summed E-state index contributed by atoms with van der Waals surface area (Å²) in [6.45, 7) is 2.19. The van der Waals surface area contributed by atoms with Crippen molar-refractivity contribution >= 4 is 17.1 Å². The number of nitro groups is 1. The monoisotopic (exact) mass is 249 g/mol. The van der Waals surface area contributed by atoms with Gasteiger partial charge in [-0.1, -0.05) is 19.4 Å². The lowest BCUT2D eigenvalue weighted by atomic mass is 10.1. The van der Waals surface area contributed by atoms with Gasteiger partial charge in [0.2, 0.25) is 0 Å². The maximum absolute atomic E-state index is 11.2. The fourth-order valence-corrected chi connectivity index (χ4v) is 2.62. The Hall–Kier alpha value is -1.78. The molecule has 1 aliphatic rings. The molecule has 98 valence electrons. The van der Waals surface area contributed by atoms with E-state index in [4.69, 9.17) is 0 Å². The number of nitrogens with zero attached hydrogens (tertiary/aromatic N) is 1. The van der Waals surface area contributed by atoms with Crippen molar-refractivity contribution in [3.63, 3.8) is 0 Å². The Morgan fingerprint density at radius 3 is 2.61 bits per heavy atom. The van der Waals surface area contributed by atoms with E-state index in [0.717, 1.165) is 6.42 Å². The van der Waals surface area contributed by atoms with Gasteiger partial charge in [0.05, 0.1) is 4.92 Å². The number of rotatable bonds is 4. The molecule has 18 heavy (non-hydrogen) atoms. The van der Waals surface area contributed by atoms with Crippen LogP contribution in [0.25, 0.3) is 0 Å². The number of anilines is 2. The molecule has 2 rings (SSSR count). The van der Waals surface area contributed by atoms with E-state index in [0.29, 0.717) is 23.3 Å². The first-order valence-electron chi connectivity index (χ1n) is 6.35. The predicted octanol–water partition coefficient (Wildman–Crippen LogP) is 3.24. The Labute approximate surface area is 107 Å². The molecular formula is C13H19N3O2. The largest absolute Gasteiger partial charge is 0.382 e. The van der Waals surface area contributed by atoms with Gasteiger partial charge in [-0.05, 0) is 30.9 Å². The minimum atomic E-state index is -0.326. The zero-order valence-electron chi connectivity index (χ0n) is 10.8. The maximum Gasteiger partial charge on any atom is 0.315 e. The standard InChI is InChI=1S/C13H19N3O2/c1-9-5-3-6-10(9)15-12-8-4-7-11(14-2)13(12)16(17)18/h4,7-10,14-15H,3,5-6H2,1-2H3. The van der Waals surface area contributed by atoms with E-state index in [9.17, 15) is 10.1 Å². The van der Waals surface area contributed by atoms with Gasteiger partial charge in [0.1, 0.15) is 11.4 Å². The van der Waals surface area contributed by atoms with Crippen molar-refractivity contribution in [3.05, 3.63) is 28.3 Å². The van der Waals surface area contributed by atoms with Gasteiger partial charge in [0.25, 0.3) is 0 Å². The third-order valence-electron chi connectivity index (χ3n) is 3.69.